The highest BCUT2D eigenvalue weighted by Crippen LogP contribution is 2.35. The van der Waals surface area contributed by atoms with E-state index in [0.717, 1.165) is 0 Å². The number of fused-ring (bicyclic) bond motifs is 1. The van der Waals surface area contributed by atoms with Gasteiger partial charge in [0.05, 0.1) is 22.7 Å². The second kappa shape index (κ2) is 5.75. The molecule has 1 aliphatic heterocycles. The van der Waals surface area contributed by atoms with Crippen LogP contribution in [-0.4, -0.2) is 35.0 Å². The molecule has 112 valence electrons. The number of carbonyl (C=O) groups excluding carboxylic acids is 1. The first kappa shape index (κ1) is 14.7. The zero-order valence-corrected chi connectivity index (χ0v) is 11.2. The first-order valence-corrected chi connectivity index (χ1v) is 6.17. The number of hydrogen-bond donors (Lipinski definition) is 4. The van der Waals surface area contributed by atoms with E-state index in [0.29, 0.717) is 17.8 Å². The van der Waals surface area contributed by atoms with Crippen molar-refractivity contribution in [1.82, 2.24) is 5.32 Å². The Morgan fingerprint density at radius 1 is 1.52 bits per heavy atom. The van der Waals surface area contributed by atoms with E-state index < -0.39 is 22.8 Å². The molecule has 21 heavy (non-hydrogen) atoms. The average molecular weight is 294 g/mol. The van der Waals surface area contributed by atoms with Gasteiger partial charge in [-0.2, -0.15) is 0 Å². The van der Waals surface area contributed by atoms with E-state index in [9.17, 15) is 19.7 Å². The van der Waals surface area contributed by atoms with E-state index in [2.05, 4.69) is 16.0 Å². The molecular formula is C12H14N4O5. The van der Waals surface area contributed by atoms with Crippen LogP contribution in [0.2, 0.25) is 0 Å². The second-order valence-electron chi connectivity index (χ2n) is 4.60. The van der Waals surface area contributed by atoms with Gasteiger partial charge in [0.2, 0.25) is 5.91 Å². The number of nitro benzene ring substituents is 1. The van der Waals surface area contributed by atoms with E-state index in [1.165, 1.54) is 12.1 Å². The van der Waals surface area contributed by atoms with Crippen LogP contribution in [0.4, 0.5) is 17.1 Å². The molecule has 2 rings (SSSR count). The number of carbonyl (C=O) groups is 2. The minimum atomic E-state index is -1.11. The van der Waals surface area contributed by atoms with E-state index in [4.69, 9.17) is 5.11 Å². The first-order valence-electron chi connectivity index (χ1n) is 6.17. The summed E-state index contributed by atoms with van der Waals surface area (Å²) in [5.41, 5.74) is 1.22. The van der Waals surface area contributed by atoms with Gasteiger partial charge < -0.3 is 21.1 Å². The minimum absolute atomic E-state index is 0.141. The summed E-state index contributed by atoms with van der Waals surface area (Å²) in [5, 5.41) is 27.9. The molecule has 1 aromatic carbocycles. The molecule has 1 amide bonds. The molecule has 9 heteroatoms. The fraction of sp³-hybridized carbons (Fsp3) is 0.333. The van der Waals surface area contributed by atoms with E-state index >= 15 is 0 Å². The molecular weight excluding hydrogens is 280 g/mol. The third kappa shape index (κ3) is 3.08. The van der Waals surface area contributed by atoms with Gasteiger partial charge in [-0.15, -0.1) is 0 Å². The molecule has 1 heterocycles. The number of nitro groups is 1. The normalized spacial score (nSPS) is 16.6. The van der Waals surface area contributed by atoms with Crippen LogP contribution in [0.3, 0.4) is 0 Å². The number of nitrogens with zero attached hydrogens (tertiary/aromatic N) is 1. The Bertz CT molecular complexity index is 616. The Kier molecular flexibility index (Phi) is 4.03. The molecule has 0 spiro atoms. The van der Waals surface area contributed by atoms with Crippen molar-refractivity contribution in [3.05, 3.63) is 27.8 Å². The molecule has 0 aromatic heterocycles. The summed E-state index contributed by atoms with van der Waals surface area (Å²) in [6.07, 6.45) is -0.374. The molecule has 1 atom stereocenters. The van der Waals surface area contributed by atoms with Gasteiger partial charge in [0, 0.05) is 18.7 Å². The van der Waals surface area contributed by atoms with Crippen LogP contribution in [-0.2, 0) is 16.1 Å². The molecule has 0 fully saturated rings. The summed E-state index contributed by atoms with van der Waals surface area (Å²) in [6, 6.07) is 1.72. The molecule has 0 saturated carbocycles. The number of carboxylic acids is 1. The first-order chi connectivity index (χ1) is 9.92. The summed E-state index contributed by atoms with van der Waals surface area (Å²) in [4.78, 5) is 32.9. The Morgan fingerprint density at radius 2 is 2.24 bits per heavy atom. The van der Waals surface area contributed by atoms with Gasteiger partial charge in [-0.1, -0.05) is 0 Å². The topological polar surface area (TPSA) is 134 Å². The molecule has 0 saturated heterocycles. The summed E-state index contributed by atoms with van der Waals surface area (Å²) < 4.78 is 0. The maximum absolute atomic E-state index is 11.8. The number of benzene rings is 1. The number of nitrogens with one attached hydrogen (secondary N) is 3. The van der Waals surface area contributed by atoms with Crippen LogP contribution in [0, 0.1) is 10.1 Å². The number of rotatable bonds is 5. The van der Waals surface area contributed by atoms with Crippen molar-refractivity contribution >= 4 is 28.9 Å². The van der Waals surface area contributed by atoms with Gasteiger partial charge in [0.25, 0.3) is 5.69 Å². The summed E-state index contributed by atoms with van der Waals surface area (Å²) >= 11 is 0. The largest absolute Gasteiger partial charge is 0.481 e. The molecule has 1 aliphatic rings. The number of non-ortho nitro benzene ring substituents is 1. The molecule has 1 unspecified atom stereocenters. The van der Waals surface area contributed by atoms with Crippen molar-refractivity contribution in [2.45, 2.75) is 19.0 Å². The van der Waals surface area contributed by atoms with Crippen molar-refractivity contribution in [3.8, 4) is 0 Å². The zero-order valence-electron chi connectivity index (χ0n) is 11.2. The standard InChI is InChI=1S/C12H14N4O5/c1-13-5-6-2-7(16(20)21)3-8-11(6)14-9(4-10(17)18)12(19)15-8/h2-3,9,13-14H,4-5H2,1H3,(H,15,19)(H,17,18). The quantitative estimate of drug-likeness (QED) is 0.459. The van der Waals surface area contributed by atoms with Gasteiger partial charge in [0.15, 0.2) is 0 Å². The van der Waals surface area contributed by atoms with Gasteiger partial charge >= 0.3 is 5.97 Å². The van der Waals surface area contributed by atoms with Crippen LogP contribution in [0.15, 0.2) is 12.1 Å². The smallest absolute Gasteiger partial charge is 0.305 e. The minimum Gasteiger partial charge on any atom is -0.481 e. The molecule has 4 N–H and O–H groups in total. The highest BCUT2D eigenvalue weighted by Gasteiger charge is 2.30. The van der Waals surface area contributed by atoms with Crippen LogP contribution in [0.1, 0.15) is 12.0 Å². The van der Waals surface area contributed by atoms with Crippen LogP contribution >= 0.6 is 0 Å². The number of anilines is 2. The fourth-order valence-corrected chi connectivity index (χ4v) is 2.17. The van der Waals surface area contributed by atoms with Gasteiger partial charge in [-0.25, -0.2) is 0 Å². The molecule has 9 nitrogen and oxygen atoms in total. The van der Waals surface area contributed by atoms with Crippen LogP contribution in [0.25, 0.3) is 0 Å². The SMILES string of the molecule is CNCc1cc([N+](=O)[O-])cc2c1NC(CC(=O)O)C(=O)N2. The van der Waals surface area contributed by atoms with Gasteiger partial charge in [0.1, 0.15) is 6.04 Å². The maximum atomic E-state index is 11.8. The van der Waals surface area contributed by atoms with Gasteiger partial charge in [-0.3, -0.25) is 19.7 Å². The van der Waals surface area contributed by atoms with Crippen molar-refractivity contribution in [3.63, 3.8) is 0 Å². The van der Waals surface area contributed by atoms with Gasteiger partial charge in [-0.05, 0) is 12.6 Å². The fourth-order valence-electron chi connectivity index (χ4n) is 2.17. The van der Waals surface area contributed by atoms with Crippen molar-refractivity contribution < 1.29 is 19.6 Å². The third-order valence-corrected chi connectivity index (χ3v) is 3.05. The highest BCUT2D eigenvalue weighted by atomic mass is 16.6. The Balaban J connectivity index is 2.43. The van der Waals surface area contributed by atoms with E-state index in [1.54, 1.807) is 7.05 Å². The second-order valence-corrected chi connectivity index (χ2v) is 4.60. The summed E-state index contributed by atoms with van der Waals surface area (Å²) in [6.45, 7) is 0.340. The molecule has 1 aromatic rings. The average Bonchev–Trinajstić information content (AvgIpc) is 2.39. The van der Waals surface area contributed by atoms with Crippen molar-refractivity contribution in [2.75, 3.05) is 17.7 Å². The maximum Gasteiger partial charge on any atom is 0.305 e. The lowest BCUT2D eigenvalue weighted by molar-refractivity contribution is -0.384. The third-order valence-electron chi connectivity index (χ3n) is 3.05. The lowest BCUT2D eigenvalue weighted by atomic mass is 10.0. The predicted molar refractivity (Wildman–Crippen MR) is 74.2 cm³/mol. The summed E-state index contributed by atoms with van der Waals surface area (Å²) in [7, 11) is 1.68. The van der Waals surface area contributed by atoms with E-state index in [-0.39, 0.29) is 17.8 Å². The number of hydrogen-bond acceptors (Lipinski definition) is 6. The molecule has 0 bridgehead atoms. The number of amides is 1. The monoisotopic (exact) mass is 294 g/mol. The lowest BCUT2D eigenvalue weighted by Crippen LogP contribution is -2.40. The Morgan fingerprint density at radius 3 is 2.81 bits per heavy atom. The predicted octanol–water partition coefficient (Wildman–Crippen LogP) is 0.521. The highest BCUT2D eigenvalue weighted by molar-refractivity contribution is 6.05. The lowest BCUT2D eigenvalue weighted by Gasteiger charge is -2.27. The van der Waals surface area contributed by atoms with E-state index in [1.807, 2.05) is 0 Å². The molecule has 0 radical (unpaired) electrons. The van der Waals surface area contributed by atoms with Crippen LogP contribution in [0.5, 0.6) is 0 Å². The molecule has 0 aliphatic carbocycles. The summed E-state index contributed by atoms with van der Waals surface area (Å²) in [5.74, 6) is -1.64. The Hall–Kier alpha value is -2.68. The van der Waals surface area contributed by atoms with Crippen LogP contribution < -0.4 is 16.0 Å². The number of aliphatic carboxylic acids is 1. The Labute approximate surface area is 119 Å². The number of carboxylic acid groups (broad SMARTS) is 1. The van der Waals surface area contributed by atoms with Crippen molar-refractivity contribution in [1.29, 1.82) is 0 Å². The van der Waals surface area contributed by atoms with Crippen molar-refractivity contribution in [2.24, 2.45) is 0 Å². The zero-order chi connectivity index (χ0) is 15.6.